The Hall–Kier alpha value is -5.12. The van der Waals surface area contributed by atoms with E-state index in [1.54, 1.807) is 36.4 Å². The molecule has 1 aromatic heterocycles. The van der Waals surface area contributed by atoms with E-state index in [-0.39, 0.29) is 32.8 Å². The van der Waals surface area contributed by atoms with Crippen molar-refractivity contribution in [2.75, 3.05) is 0 Å². The summed E-state index contributed by atoms with van der Waals surface area (Å²) in [6.07, 6.45) is 0. The van der Waals surface area contributed by atoms with E-state index in [1.807, 2.05) is 0 Å². The fourth-order valence-electron chi connectivity index (χ4n) is 3.30. The van der Waals surface area contributed by atoms with Crippen LogP contribution in [0.4, 0.5) is 0 Å². The molecule has 0 saturated carbocycles. The van der Waals surface area contributed by atoms with Crippen LogP contribution in [0.3, 0.4) is 0 Å². The van der Waals surface area contributed by atoms with Crippen LogP contribution in [-0.4, -0.2) is 42.1 Å². The topological polar surface area (TPSA) is 166 Å². The maximum Gasteiger partial charge on any atom is 0.355 e. The van der Waals surface area contributed by atoms with Gasteiger partial charge in [0.2, 0.25) is 0 Å². The summed E-state index contributed by atoms with van der Waals surface area (Å²) in [6.45, 7) is 0. The van der Waals surface area contributed by atoms with Crippen molar-refractivity contribution >= 4 is 44.8 Å². The fraction of sp³-hybridized carbons (Fsp3) is 0. The van der Waals surface area contributed by atoms with Crippen LogP contribution < -0.4 is 11.1 Å². The van der Waals surface area contributed by atoms with Crippen LogP contribution in [0.25, 0.3) is 32.8 Å². The smallest absolute Gasteiger partial charge is 0.355 e. The highest BCUT2D eigenvalue weighted by Crippen LogP contribution is 2.16. The zero-order valence-electron chi connectivity index (χ0n) is 17.4. The van der Waals surface area contributed by atoms with E-state index in [0.717, 1.165) is 0 Å². The molecule has 10 nitrogen and oxygen atoms in total. The van der Waals surface area contributed by atoms with Gasteiger partial charge in [-0.25, -0.2) is 19.6 Å². The number of carboxylic acid groups (broad SMARTS) is 2. The lowest BCUT2D eigenvalue weighted by molar-refractivity contribution is 0.0682. The number of nitrogens with zero attached hydrogens (tertiary/aromatic N) is 2. The first-order chi connectivity index (χ1) is 16.3. The van der Waals surface area contributed by atoms with Crippen LogP contribution >= 0.6 is 0 Å². The second-order valence-corrected chi connectivity index (χ2v) is 7.02. The van der Waals surface area contributed by atoms with Gasteiger partial charge < -0.3 is 20.2 Å². The lowest BCUT2D eigenvalue weighted by atomic mass is 10.2. The number of H-pyrrole nitrogens is 2. The second kappa shape index (κ2) is 9.17. The van der Waals surface area contributed by atoms with Gasteiger partial charge in [-0.05, 0) is 24.3 Å². The molecule has 0 saturated heterocycles. The van der Waals surface area contributed by atoms with E-state index in [4.69, 9.17) is 0 Å². The zero-order chi connectivity index (χ0) is 24.2. The monoisotopic (exact) mass is 456 g/mol. The number of aromatic nitrogens is 4. The summed E-state index contributed by atoms with van der Waals surface area (Å²) < 4.78 is 0. The van der Waals surface area contributed by atoms with Gasteiger partial charge >= 0.3 is 23.1 Å². The molecule has 0 spiro atoms. The molecule has 0 aliphatic heterocycles. The largest absolute Gasteiger partial charge is 0.476 e. The van der Waals surface area contributed by atoms with Gasteiger partial charge in [0.05, 0.1) is 22.1 Å². The third kappa shape index (κ3) is 4.41. The quantitative estimate of drug-likeness (QED) is 0.334. The average molecular weight is 456 g/mol. The van der Waals surface area contributed by atoms with Crippen molar-refractivity contribution in [1.29, 1.82) is 0 Å². The standard InChI is InChI=1S/C24H16N4O6/c29-21-22(30)28-16-10-4-2-8-14(16)20(24(33)34)26-18-12-6-5-11-17(18)25-19(23(31)32)13-7-1-3-9-15(13)27-21/h1-12H,(H,27,29)(H,28,30)(H,31,32)(H,33,34). The number of rotatable bonds is 2. The van der Waals surface area contributed by atoms with Crippen molar-refractivity contribution in [1.82, 2.24) is 19.9 Å². The highest BCUT2D eigenvalue weighted by molar-refractivity contribution is 6.02. The Labute approximate surface area is 189 Å². The molecule has 0 radical (unpaired) electrons. The Bertz CT molecular complexity index is 1600. The molecule has 34 heavy (non-hydrogen) atoms. The molecular weight excluding hydrogens is 440 g/mol. The number of nitrogens with one attached hydrogen (secondary N) is 2. The van der Waals surface area contributed by atoms with E-state index in [2.05, 4.69) is 19.9 Å². The normalized spacial score (nSPS) is 10.5. The predicted molar refractivity (Wildman–Crippen MR) is 125 cm³/mol. The van der Waals surface area contributed by atoms with Gasteiger partial charge in [-0.2, -0.15) is 0 Å². The molecule has 1 heterocycles. The Morgan fingerprint density at radius 1 is 0.588 bits per heavy atom. The molecule has 0 bridgehead atoms. The number of fused-ring (bicyclic) bond motifs is 3. The molecule has 0 aliphatic rings. The fourth-order valence-corrected chi connectivity index (χ4v) is 3.30. The maximum atomic E-state index is 12.6. The number of aromatic amines is 2. The van der Waals surface area contributed by atoms with Gasteiger partial charge in [0.1, 0.15) is 0 Å². The van der Waals surface area contributed by atoms with Crippen LogP contribution in [0.15, 0.2) is 82.4 Å². The number of hydrogen-bond donors (Lipinski definition) is 4. The molecule has 0 unspecified atom stereocenters. The van der Waals surface area contributed by atoms with Gasteiger partial charge in [-0.3, -0.25) is 9.59 Å². The molecule has 0 amide bonds. The van der Waals surface area contributed by atoms with E-state index in [9.17, 15) is 29.4 Å². The molecule has 4 aromatic rings. The molecule has 0 fully saturated rings. The highest BCUT2D eigenvalue weighted by atomic mass is 16.4. The van der Waals surface area contributed by atoms with Crippen LogP contribution in [0.5, 0.6) is 0 Å². The number of benzene rings is 3. The summed E-state index contributed by atoms with van der Waals surface area (Å²) in [6, 6.07) is 18.1. The maximum absolute atomic E-state index is 12.6. The summed E-state index contributed by atoms with van der Waals surface area (Å²) in [5, 5.41) is 19.8. The summed E-state index contributed by atoms with van der Waals surface area (Å²) in [5.41, 5.74) is -2.74. The summed E-state index contributed by atoms with van der Waals surface area (Å²) in [7, 11) is 0. The van der Waals surface area contributed by atoms with E-state index in [1.165, 1.54) is 36.4 Å². The first-order valence-electron chi connectivity index (χ1n) is 9.89. The van der Waals surface area contributed by atoms with Crippen LogP contribution in [0.2, 0.25) is 0 Å². The number of carbonyl (C=O) groups is 2. The minimum Gasteiger partial charge on any atom is -0.476 e. The average Bonchev–Trinajstić information content (AvgIpc) is 2.82. The predicted octanol–water partition coefficient (Wildman–Crippen LogP) is 2.96. The van der Waals surface area contributed by atoms with Gasteiger partial charge in [-0.1, -0.05) is 48.5 Å². The van der Waals surface area contributed by atoms with Crippen molar-refractivity contribution < 1.29 is 19.8 Å². The van der Waals surface area contributed by atoms with Crippen molar-refractivity contribution in [2.45, 2.75) is 0 Å². The minimum absolute atomic E-state index is 0.0471. The number of hydrogen-bond acceptors (Lipinski definition) is 6. The van der Waals surface area contributed by atoms with Gasteiger partial charge in [0.15, 0.2) is 11.4 Å². The van der Waals surface area contributed by atoms with Gasteiger partial charge in [0.25, 0.3) is 0 Å². The number of aromatic carboxylic acids is 2. The second-order valence-electron chi connectivity index (χ2n) is 7.02. The van der Waals surface area contributed by atoms with E-state index in [0.29, 0.717) is 0 Å². The molecule has 0 atom stereocenters. The first kappa shape index (κ1) is 22.1. The molecule has 10 heteroatoms. The van der Waals surface area contributed by atoms with Gasteiger partial charge in [-0.15, -0.1) is 0 Å². The molecular formula is C24H16N4O6. The van der Waals surface area contributed by atoms with Crippen molar-refractivity contribution in [3.8, 4) is 0 Å². The lowest BCUT2D eigenvalue weighted by Crippen LogP contribution is -2.26. The van der Waals surface area contributed by atoms with E-state index >= 15 is 0 Å². The van der Waals surface area contributed by atoms with Crippen LogP contribution in [-0.2, 0) is 0 Å². The Morgan fingerprint density at radius 3 is 1.32 bits per heavy atom. The lowest BCUT2D eigenvalue weighted by Gasteiger charge is -2.01. The zero-order valence-corrected chi connectivity index (χ0v) is 17.4. The summed E-state index contributed by atoms with van der Waals surface area (Å²) in [5.74, 6) is -2.80. The Morgan fingerprint density at radius 2 is 0.941 bits per heavy atom. The summed E-state index contributed by atoms with van der Waals surface area (Å²) in [4.78, 5) is 62.6. The first-order valence-corrected chi connectivity index (χ1v) is 9.89. The number of carboxylic acids is 2. The SMILES string of the molecule is O=C(O)c1nc2ccccc2nc(C(=O)O)c2ccccc2[nH]c(=O)c(=O)[nH]c2ccccc12. The number of para-hydroxylation sites is 4. The molecule has 4 N–H and O–H groups in total. The third-order valence-corrected chi connectivity index (χ3v) is 4.82. The molecule has 168 valence electrons. The highest BCUT2D eigenvalue weighted by Gasteiger charge is 2.12. The van der Waals surface area contributed by atoms with Crippen molar-refractivity contribution in [2.24, 2.45) is 0 Å². The van der Waals surface area contributed by atoms with Crippen LogP contribution in [0.1, 0.15) is 21.0 Å². The van der Waals surface area contributed by atoms with Crippen molar-refractivity contribution in [3.05, 3.63) is 105 Å². The van der Waals surface area contributed by atoms with Crippen molar-refractivity contribution in [3.63, 3.8) is 0 Å². The van der Waals surface area contributed by atoms with Gasteiger partial charge in [0, 0.05) is 10.8 Å². The molecule has 4 rings (SSSR count). The molecule has 3 aromatic carbocycles. The third-order valence-electron chi connectivity index (χ3n) is 4.82. The Balaban J connectivity index is 2.41. The molecule has 0 aliphatic carbocycles. The van der Waals surface area contributed by atoms with Crippen LogP contribution in [0, 0.1) is 0 Å². The Kier molecular flexibility index (Phi) is 5.95. The van der Waals surface area contributed by atoms with E-state index < -0.39 is 34.4 Å². The minimum atomic E-state index is -1.40. The summed E-state index contributed by atoms with van der Waals surface area (Å²) >= 11 is 0.